The molecule has 32 heavy (non-hydrogen) atoms. The Hall–Kier alpha value is -4.52. The number of carbonyl (C=O) groups excluding carboxylic acids is 1. The molecular weight excluding hydrogens is 400 g/mol. The molecule has 0 bridgehead atoms. The molecule has 0 saturated carbocycles. The molecule has 3 N–H and O–H groups in total. The molecule has 0 unspecified atom stereocenters. The van der Waals surface area contributed by atoms with Crippen LogP contribution in [0, 0.1) is 6.92 Å². The largest absolute Gasteiger partial charge is 0.360 e. The molecule has 0 radical (unpaired) electrons. The number of para-hydroxylation sites is 1. The van der Waals surface area contributed by atoms with Crippen LogP contribution in [0.5, 0.6) is 0 Å². The van der Waals surface area contributed by atoms with Gasteiger partial charge < -0.3 is 15.6 Å². The zero-order chi connectivity index (χ0) is 21.9. The number of fused-ring (bicyclic) bond motifs is 1. The zero-order valence-corrected chi connectivity index (χ0v) is 17.3. The highest BCUT2D eigenvalue weighted by atomic mass is 16.1. The molecule has 7 heteroatoms. The number of H-pyrrole nitrogens is 1. The van der Waals surface area contributed by atoms with E-state index in [1.54, 1.807) is 24.8 Å². The number of benzene rings is 2. The lowest BCUT2D eigenvalue weighted by molar-refractivity contribution is 0.102. The standard InChI is InChI=1S/C25H20N6O/c1-16-8-9-18(29-24(32)20-15-28-22-7-3-2-6-19(20)22)13-23(16)31-25-27-12-10-21(30-25)17-5-4-11-26-14-17/h2-15,28H,1H3,(H,29,32)(H,27,30,31). The van der Waals surface area contributed by atoms with Crippen molar-refractivity contribution in [2.45, 2.75) is 6.92 Å². The van der Waals surface area contributed by atoms with Crippen molar-refractivity contribution in [2.75, 3.05) is 10.6 Å². The van der Waals surface area contributed by atoms with Crippen LogP contribution in [0.3, 0.4) is 0 Å². The Morgan fingerprint density at radius 1 is 1.00 bits per heavy atom. The number of rotatable bonds is 5. The van der Waals surface area contributed by atoms with E-state index in [0.717, 1.165) is 33.4 Å². The van der Waals surface area contributed by atoms with E-state index in [0.29, 0.717) is 17.2 Å². The van der Waals surface area contributed by atoms with E-state index < -0.39 is 0 Å². The van der Waals surface area contributed by atoms with Crippen molar-refractivity contribution < 1.29 is 4.79 Å². The molecule has 5 rings (SSSR count). The molecular formula is C25H20N6O. The summed E-state index contributed by atoms with van der Waals surface area (Å²) in [6, 6.07) is 19.1. The number of carbonyl (C=O) groups is 1. The number of nitrogens with zero attached hydrogens (tertiary/aromatic N) is 3. The molecule has 2 aromatic carbocycles. The van der Waals surface area contributed by atoms with Gasteiger partial charge in [-0.1, -0.05) is 24.3 Å². The summed E-state index contributed by atoms with van der Waals surface area (Å²) in [6.07, 6.45) is 6.92. The van der Waals surface area contributed by atoms with Crippen molar-refractivity contribution in [1.82, 2.24) is 19.9 Å². The number of pyridine rings is 1. The Morgan fingerprint density at radius 2 is 1.91 bits per heavy atom. The van der Waals surface area contributed by atoms with E-state index in [4.69, 9.17) is 0 Å². The minimum atomic E-state index is -0.174. The van der Waals surface area contributed by atoms with Gasteiger partial charge in [-0.25, -0.2) is 9.97 Å². The van der Waals surface area contributed by atoms with Gasteiger partial charge in [-0.3, -0.25) is 9.78 Å². The third-order valence-electron chi connectivity index (χ3n) is 5.19. The van der Waals surface area contributed by atoms with Crippen LogP contribution >= 0.6 is 0 Å². The van der Waals surface area contributed by atoms with Crippen LogP contribution in [0.1, 0.15) is 15.9 Å². The molecule has 5 aromatic rings. The quantitative estimate of drug-likeness (QED) is 0.357. The predicted molar refractivity (Wildman–Crippen MR) is 126 cm³/mol. The first-order valence-corrected chi connectivity index (χ1v) is 10.2. The summed E-state index contributed by atoms with van der Waals surface area (Å²) in [6.45, 7) is 1.98. The second-order valence-electron chi connectivity index (χ2n) is 7.36. The van der Waals surface area contributed by atoms with Crippen molar-refractivity contribution in [1.29, 1.82) is 0 Å². The molecule has 0 aliphatic heterocycles. The maximum atomic E-state index is 12.9. The van der Waals surface area contributed by atoms with Gasteiger partial charge in [0.15, 0.2) is 0 Å². The van der Waals surface area contributed by atoms with Crippen molar-refractivity contribution in [3.05, 3.63) is 96.6 Å². The number of hydrogen-bond donors (Lipinski definition) is 3. The van der Waals surface area contributed by atoms with Gasteiger partial charge in [0.1, 0.15) is 0 Å². The molecule has 0 fully saturated rings. The van der Waals surface area contributed by atoms with Crippen molar-refractivity contribution in [2.24, 2.45) is 0 Å². The van der Waals surface area contributed by atoms with Gasteiger partial charge in [-0.05, 0) is 48.9 Å². The van der Waals surface area contributed by atoms with E-state index in [1.165, 1.54) is 0 Å². The first-order valence-electron chi connectivity index (χ1n) is 10.2. The van der Waals surface area contributed by atoms with Crippen LogP contribution in [-0.2, 0) is 0 Å². The molecule has 0 atom stereocenters. The van der Waals surface area contributed by atoms with E-state index >= 15 is 0 Å². The summed E-state index contributed by atoms with van der Waals surface area (Å²) in [5, 5.41) is 7.12. The molecule has 7 nitrogen and oxygen atoms in total. The summed E-state index contributed by atoms with van der Waals surface area (Å²) in [7, 11) is 0. The number of amides is 1. The van der Waals surface area contributed by atoms with Gasteiger partial charge in [0.05, 0.1) is 11.3 Å². The Kier molecular flexibility index (Phi) is 5.05. The lowest BCUT2D eigenvalue weighted by Crippen LogP contribution is -2.11. The first-order chi connectivity index (χ1) is 15.7. The molecule has 156 valence electrons. The number of aryl methyl sites for hydroxylation is 1. The van der Waals surface area contributed by atoms with Gasteiger partial charge in [0, 0.05) is 52.6 Å². The fourth-order valence-corrected chi connectivity index (χ4v) is 3.51. The monoisotopic (exact) mass is 420 g/mol. The number of aromatic nitrogens is 4. The average Bonchev–Trinajstić information content (AvgIpc) is 3.26. The topological polar surface area (TPSA) is 95.6 Å². The molecule has 3 heterocycles. The fraction of sp³-hybridized carbons (Fsp3) is 0.0400. The van der Waals surface area contributed by atoms with E-state index in [-0.39, 0.29) is 5.91 Å². The van der Waals surface area contributed by atoms with Gasteiger partial charge in [-0.15, -0.1) is 0 Å². The lowest BCUT2D eigenvalue weighted by Gasteiger charge is -2.12. The summed E-state index contributed by atoms with van der Waals surface area (Å²) >= 11 is 0. The van der Waals surface area contributed by atoms with Gasteiger partial charge in [0.2, 0.25) is 5.95 Å². The third-order valence-corrected chi connectivity index (χ3v) is 5.19. The minimum absolute atomic E-state index is 0.174. The Morgan fingerprint density at radius 3 is 2.78 bits per heavy atom. The van der Waals surface area contributed by atoms with E-state index in [2.05, 4.69) is 30.6 Å². The maximum absolute atomic E-state index is 12.9. The van der Waals surface area contributed by atoms with Gasteiger partial charge in [0.25, 0.3) is 5.91 Å². The Labute approximate surface area is 184 Å². The van der Waals surface area contributed by atoms with Crippen LogP contribution in [0.4, 0.5) is 17.3 Å². The fourth-order valence-electron chi connectivity index (χ4n) is 3.51. The third kappa shape index (κ3) is 3.91. The molecule has 0 saturated heterocycles. The zero-order valence-electron chi connectivity index (χ0n) is 17.3. The number of nitrogens with one attached hydrogen (secondary N) is 3. The van der Waals surface area contributed by atoms with E-state index in [9.17, 15) is 4.79 Å². The second-order valence-corrected chi connectivity index (χ2v) is 7.36. The normalized spacial score (nSPS) is 10.8. The van der Waals surface area contributed by atoms with Gasteiger partial charge >= 0.3 is 0 Å². The summed E-state index contributed by atoms with van der Waals surface area (Å²) < 4.78 is 0. The van der Waals surface area contributed by atoms with Crippen molar-refractivity contribution >= 4 is 34.1 Å². The van der Waals surface area contributed by atoms with Crippen molar-refractivity contribution in [3.63, 3.8) is 0 Å². The summed E-state index contributed by atoms with van der Waals surface area (Å²) in [5.74, 6) is 0.293. The SMILES string of the molecule is Cc1ccc(NC(=O)c2c[nH]c3ccccc23)cc1Nc1nccc(-c2cccnc2)n1. The number of aromatic amines is 1. The molecule has 1 amide bonds. The Bertz CT molecular complexity index is 1410. The van der Waals surface area contributed by atoms with Gasteiger partial charge in [-0.2, -0.15) is 0 Å². The highest BCUT2D eigenvalue weighted by Gasteiger charge is 2.13. The highest BCUT2D eigenvalue weighted by Crippen LogP contribution is 2.25. The smallest absolute Gasteiger partial charge is 0.257 e. The molecule has 0 aliphatic carbocycles. The lowest BCUT2D eigenvalue weighted by atomic mass is 10.1. The molecule has 0 aliphatic rings. The Balaban J connectivity index is 1.38. The average molecular weight is 420 g/mol. The summed E-state index contributed by atoms with van der Waals surface area (Å²) in [4.78, 5) is 29.1. The van der Waals surface area contributed by atoms with Crippen LogP contribution in [0.2, 0.25) is 0 Å². The summed E-state index contributed by atoms with van der Waals surface area (Å²) in [5.41, 5.74) is 5.71. The maximum Gasteiger partial charge on any atom is 0.257 e. The molecule has 3 aromatic heterocycles. The number of hydrogen-bond acceptors (Lipinski definition) is 5. The molecule has 0 spiro atoms. The minimum Gasteiger partial charge on any atom is -0.360 e. The van der Waals surface area contributed by atoms with E-state index in [1.807, 2.05) is 67.6 Å². The number of anilines is 3. The van der Waals surface area contributed by atoms with Crippen LogP contribution in [0.25, 0.3) is 22.2 Å². The predicted octanol–water partition coefficient (Wildman–Crippen LogP) is 5.32. The first kappa shape index (κ1) is 19.4. The second kappa shape index (κ2) is 8.31. The van der Waals surface area contributed by atoms with Crippen LogP contribution in [-0.4, -0.2) is 25.8 Å². The van der Waals surface area contributed by atoms with Crippen LogP contribution in [0.15, 0.2) is 85.5 Å². The van der Waals surface area contributed by atoms with Crippen LogP contribution < -0.4 is 10.6 Å². The van der Waals surface area contributed by atoms with Crippen molar-refractivity contribution in [3.8, 4) is 11.3 Å². The highest BCUT2D eigenvalue weighted by molar-refractivity contribution is 6.12.